The lowest BCUT2D eigenvalue weighted by atomic mass is 10.1. The minimum Gasteiger partial charge on any atom is -0.464 e. The van der Waals surface area contributed by atoms with Crippen LogP contribution in [0.1, 0.15) is 47.1 Å². The maximum Gasteiger partial charge on any atom is 0.323 e. The van der Waals surface area contributed by atoms with E-state index >= 15 is 0 Å². The number of rotatable bonds is 16. The molecule has 0 bridgehead atoms. The summed E-state index contributed by atoms with van der Waals surface area (Å²) in [6.45, 7) is 11.2. The number of nitrogens with one attached hydrogen (secondary N) is 2. The molecule has 0 unspecified atom stereocenters. The standard InChI is InChI=1S/C28H42N7O6P/c1-18(2)14-39-28(37)23(12-22-10-8-7-9-11-22)34-42(38,33-21(6)27(36)41-19(3)4)17-40-20(5)13-35-16-32-24-25(29)30-15-31-26(24)35/h7-11,15-16,18-21,23H,12-14,17H2,1-6H3,(H2,29,30,31)(H2,33,34,38)/t20-,21-,23+,42-/m1/s1. The summed E-state index contributed by atoms with van der Waals surface area (Å²) in [5.74, 6) is -0.751. The largest absolute Gasteiger partial charge is 0.464 e. The topological polar surface area (TPSA) is 173 Å². The molecule has 4 N–H and O–H groups in total. The molecule has 0 spiro atoms. The third-order valence-corrected chi connectivity index (χ3v) is 8.07. The Balaban J connectivity index is 1.81. The SMILES string of the molecule is CC(C)COC(=O)[C@H](Cc1ccccc1)N[P@@](=O)(CO[C@H](C)Cn1cnc2c(N)ncnc21)N[C@H](C)C(=O)OC(C)C. The molecule has 0 aliphatic carbocycles. The maximum absolute atomic E-state index is 14.4. The molecule has 42 heavy (non-hydrogen) atoms. The van der Waals surface area contributed by atoms with Crippen molar-refractivity contribution < 1.29 is 28.4 Å². The minimum absolute atomic E-state index is 0.117. The van der Waals surface area contributed by atoms with Crippen LogP contribution in [0.2, 0.25) is 0 Å². The highest BCUT2D eigenvalue weighted by Gasteiger charge is 2.35. The van der Waals surface area contributed by atoms with Gasteiger partial charge < -0.3 is 24.5 Å². The number of anilines is 1. The van der Waals surface area contributed by atoms with Crippen LogP contribution in [0, 0.1) is 5.92 Å². The number of hydrogen-bond acceptors (Lipinski definition) is 10. The van der Waals surface area contributed by atoms with Crippen molar-refractivity contribution in [2.45, 2.75) is 78.8 Å². The Hall–Kier alpha value is -3.38. The van der Waals surface area contributed by atoms with Crippen LogP contribution in [0.5, 0.6) is 0 Å². The van der Waals surface area contributed by atoms with E-state index in [9.17, 15) is 14.2 Å². The fourth-order valence-corrected chi connectivity index (χ4v) is 6.16. The summed E-state index contributed by atoms with van der Waals surface area (Å²) in [6.07, 6.45) is 1.99. The molecule has 0 radical (unpaired) electrons. The van der Waals surface area contributed by atoms with Crippen molar-refractivity contribution in [1.29, 1.82) is 0 Å². The number of ether oxygens (including phenoxy) is 3. The van der Waals surface area contributed by atoms with Crippen molar-refractivity contribution in [1.82, 2.24) is 29.7 Å². The molecule has 2 aromatic heterocycles. The lowest BCUT2D eigenvalue weighted by molar-refractivity contribution is -0.149. The zero-order valence-corrected chi connectivity index (χ0v) is 25.9. The summed E-state index contributed by atoms with van der Waals surface area (Å²) >= 11 is 0. The lowest BCUT2D eigenvalue weighted by Crippen LogP contribution is -2.45. The highest BCUT2D eigenvalue weighted by molar-refractivity contribution is 7.59. The highest BCUT2D eigenvalue weighted by atomic mass is 31.2. The van der Waals surface area contributed by atoms with Crippen LogP contribution >= 0.6 is 7.44 Å². The minimum atomic E-state index is -3.76. The number of fused-ring (bicyclic) bond motifs is 1. The molecule has 1 aromatic carbocycles. The molecule has 0 saturated carbocycles. The highest BCUT2D eigenvalue weighted by Crippen LogP contribution is 2.39. The van der Waals surface area contributed by atoms with Crippen LogP contribution in [0.25, 0.3) is 11.2 Å². The summed E-state index contributed by atoms with van der Waals surface area (Å²) in [6, 6.07) is 7.40. The van der Waals surface area contributed by atoms with Crippen LogP contribution in [0.3, 0.4) is 0 Å². The summed E-state index contributed by atoms with van der Waals surface area (Å²) in [7, 11) is -3.76. The van der Waals surface area contributed by atoms with Crippen LogP contribution in [-0.2, 0) is 41.3 Å². The Morgan fingerprint density at radius 3 is 2.38 bits per heavy atom. The quantitative estimate of drug-likeness (QED) is 0.161. The van der Waals surface area contributed by atoms with Gasteiger partial charge in [0.2, 0.25) is 7.44 Å². The first-order valence-corrected chi connectivity index (χ1v) is 15.8. The second-order valence-corrected chi connectivity index (χ2v) is 13.2. The predicted octanol–water partition coefficient (Wildman–Crippen LogP) is 3.29. The van der Waals surface area contributed by atoms with Crippen molar-refractivity contribution >= 4 is 36.4 Å². The predicted molar refractivity (Wildman–Crippen MR) is 159 cm³/mol. The van der Waals surface area contributed by atoms with Gasteiger partial charge in [-0.15, -0.1) is 0 Å². The first-order chi connectivity index (χ1) is 19.9. The van der Waals surface area contributed by atoms with Gasteiger partial charge in [-0.3, -0.25) is 14.2 Å². The van der Waals surface area contributed by atoms with Gasteiger partial charge in [0, 0.05) is 0 Å². The van der Waals surface area contributed by atoms with E-state index < -0.39 is 37.6 Å². The number of esters is 2. The van der Waals surface area contributed by atoms with Gasteiger partial charge in [-0.2, -0.15) is 0 Å². The van der Waals surface area contributed by atoms with E-state index in [1.54, 1.807) is 38.6 Å². The Morgan fingerprint density at radius 1 is 1.00 bits per heavy atom. The van der Waals surface area contributed by atoms with E-state index in [0.717, 1.165) is 5.56 Å². The van der Waals surface area contributed by atoms with Crippen molar-refractivity contribution in [2.24, 2.45) is 5.92 Å². The first kappa shape index (κ1) is 33.1. The number of nitrogens with zero attached hydrogens (tertiary/aromatic N) is 4. The van der Waals surface area contributed by atoms with E-state index in [1.807, 2.05) is 44.2 Å². The Bertz CT molecular complexity index is 1370. The number of hydrogen-bond donors (Lipinski definition) is 3. The smallest absolute Gasteiger partial charge is 0.323 e. The molecule has 13 nitrogen and oxygen atoms in total. The van der Waals surface area contributed by atoms with Gasteiger partial charge in [-0.1, -0.05) is 44.2 Å². The number of imidazole rings is 1. The van der Waals surface area contributed by atoms with Crippen molar-refractivity contribution in [3.8, 4) is 0 Å². The molecule has 3 aromatic rings. The van der Waals surface area contributed by atoms with E-state index in [1.165, 1.54) is 6.33 Å². The molecule has 0 saturated heterocycles. The second kappa shape index (κ2) is 15.2. The van der Waals surface area contributed by atoms with Crippen molar-refractivity contribution in [3.63, 3.8) is 0 Å². The Morgan fingerprint density at radius 2 is 1.71 bits per heavy atom. The van der Waals surface area contributed by atoms with Gasteiger partial charge in [0.1, 0.15) is 30.3 Å². The summed E-state index contributed by atoms with van der Waals surface area (Å²) in [5.41, 5.74) is 7.75. The lowest BCUT2D eigenvalue weighted by Gasteiger charge is -2.29. The van der Waals surface area contributed by atoms with Crippen LogP contribution in [0.4, 0.5) is 5.82 Å². The molecule has 0 aliphatic rings. The number of carbonyl (C=O) groups is 2. The first-order valence-electron chi connectivity index (χ1n) is 14.0. The molecule has 230 valence electrons. The molecular weight excluding hydrogens is 561 g/mol. The number of carbonyl (C=O) groups excluding carboxylic acids is 2. The van der Waals surface area contributed by atoms with E-state index in [2.05, 4.69) is 25.1 Å². The number of nitrogen functional groups attached to an aromatic ring is 1. The third-order valence-electron chi connectivity index (χ3n) is 6.02. The van der Waals surface area contributed by atoms with Gasteiger partial charge in [0.25, 0.3) is 0 Å². The van der Waals surface area contributed by atoms with Crippen LogP contribution < -0.4 is 15.9 Å². The average Bonchev–Trinajstić information content (AvgIpc) is 3.34. The molecular formula is C28H42N7O6P. The van der Waals surface area contributed by atoms with Gasteiger partial charge in [-0.05, 0) is 45.6 Å². The summed E-state index contributed by atoms with van der Waals surface area (Å²) in [5, 5.41) is 5.84. The molecule has 0 amide bonds. The van der Waals surface area contributed by atoms with Gasteiger partial charge in [0.05, 0.1) is 31.7 Å². The maximum atomic E-state index is 14.4. The fraction of sp³-hybridized carbons (Fsp3) is 0.536. The number of benzene rings is 1. The average molecular weight is 604 g/mol. The molecule has 14 heteroatoms. The van der Waals surface area contributed by atoms with E-state index in [-0.39, 0.29) is 37.2 Å². The van der Waals surface area contributed by atoms with Crippen LogP contribution in [0.15, 0.2) is 43.0 Å². The normalized spacial score (nSPS) is 15.3. The van der Waals surface area contributed by atoms with E-state index in [0.29, 0.717) is 17.7 Å². The fourth-order valence-electron chi connectivity index (χ4n) is 4.04. The van der Waals surface area contributed by atoms with Gasteiger partial charge >= 0.3 is 11.9 Å². The molecule has 3 rings (SSSR count). The zero-order chi connectivity index (χ0) is 30.9. The molecule has 0 fully saturated rings. The molecule has 2 heterocycles. The Kier molecular flexibility index (Phi) is 12.0. The third kappa shape index (κ3) is 9.87. The Labute approximate surface area is 246 Å². The van der Waals surface area contributed by atoms with E-state index in [4.69, 9.17) is 19.9 Å². The van der Waals surface area contributed by atoms with Crippen LogP contribution in [-0.4, -0.2) is 68.7 Å². The number of nitrogens with two attached hydrogens (primary N) is 1. The monoisotopic (exact) mass is 603 g/mol. The van der Waals surface area contributed by atoms with Gasteiger partial charge in [0.15, 0.2) is 11.5 Å². The summed E-state index contributed by atoms with van der Waals surface area (Å²) < 4.78 is 33.0. The van der Waals surface area contributed by atoms with Gasteiger partial charge in [-0.25, -0.2) is 25.1 Å². The van der Waals surface area contributed by atoms with Crippen molar-refractivity contribution in [2.75, 3.05) is 18.7 Å². The second-order valence-electron chi connectivity index (χ2n) is 10.9. The molecule has 4 atom stereocenters. The van der Waals surface area contributed by atoms with Crippen molar-refractivity contribution in [3.05, 3.63) is 48.5 Å². The number of aromatic nitrogens is 4. The zero-order valence-electron chi connectivity index (χ0n) is 25.0. The summed E-state index contributed by atoms with van der Waals surface area (Å²) in [4.78, 5) is 38.3. The molecule has 0 aliphatic heterocycles.